The van der Waals surface area contributed by atoms with Gasteiger partial charge in [-0.25, -0.2) is 0 Å². The number of unbranched alkanes of at least 4 members (excludes halogenated alkanes) is 6. The van der Waals surface area contributed by atoms with Crippen LogP contribution in [0.4, 0.5) is 0 Å². The first-order valence-electron chi connectivity index (χ1n) is 11.8. The number of hydrogen-bond donors (Lipinski definition) is 0. The van der Waals surface area contributed by atoms with Crippen molar-refractivity contribution in [2.24, 2.45) is 5.41 Å². The van der Waals surface area contributed by atoms with E-state index in [1.54, 1.807) is 25.7 Å². The predicted molar refractivity (Wildman–Crippen MR) is 111 cm³/mol. The second kappa shape index (κ2) is 15.3. The molecule has 144 valence electrons. The van der Waals surface area contributed by atoms with Gasteiger partial charge in [0.1, 0.15) is 0 Å². The molecule has 1 saturated carbocycles. The van der Waals surface area contributed by atoms with Gasteiger partial charge in [-0.2, -0.15) is 0 Å². The third-order valence-electron chi connectivity index (χ3n) is 6.54. The second-order valence-corrected chi connectivity index (χ2v) is 8.80. The largest absolute Gasteiger partial charge is 0.0654 e. The average molecular weight is 337 g/mol. The standard InChI is InChI=1S/C24H48/c1-3-5-7-16-20-24(21-17-8-6-4-2)22-18-14-12-10-9-11-13-15-19-23-24/h3-23H2,1-2H3. The molecule has 0 N–H and O–H groups in total. The van der Waals surface area contributed by atoms with E-state index >= 15 is 0 Å². The smallest absolute Gasteiger partial charge is 0.0297 e. The van der Waals surface area contributed by atoms with Crippen molar-refractivity contribution >= 4 is 0 Å². The highest BCUT2D eigenvalue weighted by atomic mass is 14.3. The lowest BCUT2D eigenvalue weighted by atomic mass is 9.70. The minimum Gasteiger partial charge on any atom is -0.0654 e. The van der Waals surface area contributed by atoms with Crippen LogP contribution in [0.15, 0.2) is 0 Å². The van der Waals surface area contributed by atoms with Gasteiger partial charge >= 0.3 is 0 Å². The molecule has 24 heavy (non-hydrogen) atoms. The van der Waals surface area contributed by atoms with Crippen LogP contribution in [0.25, 0.3) is 0 Å². The normalized spacial score (nSPS) is 20.2. The number of rotatable bonds is 10. The fraction of sp³-hybridized carbons (Fsp3) is 1.00. The lowest BCUT2D eigenvalue weighted by molar-refractivity contribution is 0.171. The molecule has 0 unspecified atom stereocenters. The zero-order valence-electron chi connectivity index (χ0n) is 17.3. The molecule has 1 aliphatic rings. The van der Waals surface area contributed by atoms with Crippen LogP contribution in [-0.4, -0.2) is 0 Å². The molecule has 0 aromatic rings. The first-order valence-corrected chi connectivity index (χ1v) is 11.8. The molecule has 0 amide bonds. The Labute approximate surface area is 154 Å². The summed E-state index contributed by atoms with van der Waals surface area (Å²) in [5.74, 6) is 0. The highest BCUT2D eigenvalue weighted by molar-refractivity contribution is 4.80. The van der Waals surface area contributed by atoms with Crippen LogP contribution < -0.4 is 0 Å². The Balaban J connectivity index is 2.55. The van der Waals surface area contributed by atoms with Gasteiger partial charge < -0.3 is 0 Å². The molecule has 0 nitrogen and oxygen atoms in total. The van der Waals surface area contributed by atoms with Crippen LogP contribution in [0.1, 0.15) is 149 Å². The Morgan fingerprint density at radius 2 is 0.833 bits per heavy atom. The lowest BCUT2D eigenvalue weighted by Crippen LogP contribution is -2.21. The van der Waals surface area contributed by atoms with E-state index in [0.717, 1.165) is 5.41 Å². The van der Waals surface area contributed by atoms with E-state index in [1.165, 1.54) is 109 Å². The molecule has 0 bridgehead atoms. The molecule has 0 aliphatic heterocycles. The Morgan fingerprint density at radius 3 is 1.21 bits per heavy atom. The zero-order chi connectivity index (χ0) is 17.3. The Bertz CT molecular complexity index is 221. The summed E-state index contributed by atoms with van der Waals surface area (Å²) in [5.41, 5.74) is 0.723. The van der Waals surface area contributed by atoms with Crippen molar-refractivity contribution in [1.82, 2.24) is 0 Å². The molecule has 0 heteroatoms. The molecular formula is C24H48. The SMILES string of the molecule is CCCCCCC1(CCCCCC)CCCCCCCCCCC1. The Morgan fingerprint density at radius 1 is 0.458 bits per heavy atom. The molecule has 1 aliphatic carbocycles. The Kier molecular flexibility index (Phi) is 14.0. The fourth-order valence-corrected chi connectivity index (χ4v) is 4.84. The van der Waals surface area contributed by atoms with E-state index in [2.05, 4.69) is 13.8 Å². The van der Waals surface area contributed by atoms with Crippen molar-refractivity contribution < 1.29 is 0 Å². The van der Waals surface area contributed by atoms with E-state index in [4.69, 9.17) is 0 Å². The van der Waals surface area contributed by atoms with E-state index in [-0.39, 0.29) is 0 Å². The highest BCUT2D eigenvalue weighted by Gasteiger charge is 2.28. The summed E-state index contributed by atoms with van der Waals surface area (Å²) in [6, 6.07) is 0. The molecule has 1 rings (SSSR count). The summed E-state index contributed by atoms with van der Waals surface area (Å²) in [7, 11) is 0. The molecule has 1 fully saturated rings. The van der Waals surface area contributed by atoms with Crippen molar-refractivity contribution in [3.63, 3.8) is 0 Å². The minimum absolute atomic E-state index is 0.723. The summed E-state index contributed by atoms with van der Waals surface area (Å²) < 4.78 is 0. The van der Waals surface area contributed by atoms with E-state index in [0.29, 0.717) is 0 Å². The molecule has 0 aromatic heterocycles. The molecule has 0 saturated heterocycles. The third-order valence-corrected chi connectivity index (χ3v) is 6.54. The topological polar surface area (TPSA) is 0 Å². The molecule has 0 aromatic carbocycles. The first kappa shape index (κ1) is 22.0. The highest BCUT2D eigenvalue weighted by Crippen LogP contribution is 2.42. The summed E-state index contributed by atoms with van der Waals surface area (Å²) >= 11 is 0. The van der Waals surface area contributed by atoms with Gasteiger partial charge in [0.05, 0.1) is 0 Å². The first-order chi connectivity index (χ1) is 11.8. The van der Waals surface area contributed by atoms with E-state index < -0.39 is 0 Å². The maximum atomic E-state index is 2.34. The minimum atomic E-state index is 0.723. The lowest BCUT2D eigenvalue weighted by Gasteiger charge is -2.35. The average Bonchev–Trinajstić information content (AvgIpc) is 2.58. The van der Waals surface area contributed by atoms with Crippen LogP contribution in [-0.2, 0) is 0 Å². The van der Waals surface area contributed by atoms with Gasteiger partial charge in [0.2, 0.25) is 0 Å². The molecule has 0 atom stereocenters. The van der Waals surface area contributed by atoms with Crippen LogP contribution in [0.5, 0.6) is 0 Å². The third kappa shape index (κ3) is 10.8. The maximum Gasteiger partial charge on any atom is -0.0297 e. The van der Waals surface area contributed by atoms with Crippen molar-refractivity contribution in [3.05, 3.63) is 0 Å². The van der Waals surface area contributed by atoms with Crippen LogP contribution in [0.2, 0.25) is 0 Å². The summed E-state index contributed by atoms with van der Waals surface area (Å²) in [5, 5.41) is 0. The van der Waals surface area contributed by atoms with Gasteiger partial charge in [-0.3, -0.25) is 0 Å². The maximum absolute atomic E-state index is 2.34. The van der Waals surface area contributed by atoms with Crippen LogP contribution >= 0.6 is 0 Å². The van der Waals surface area contributed by atoms with Crippen molar-refractivity contribution in [3.8, 4) is 0 Å². The molecular weight excluding hydrogens is 288 g/mol. The van der Waals surface area contributed by atoms with Gasteiger partial charge in [0, 0.05) is 0 Å². The molecule has 0 heterocycles. The predicted octanol–water partition coefficient (Wildman–Crippen LogP) is 9.22. The van der Waals surface area contributed by atoms with Gasteiger partial charge in [-0.1, -0.05) is 123 Å². The summed E-state index contributed by atoms with van der Waals surface area (Å²) in [4.78, 5) is 0. The quantitative estimate of drug-likeness (QED) is 0.349. The second-order valence-electron chi connectivity index (χ2n) is 8.80. The van der Waals surface area contributed by atoms with Crippen LogP contribution in [0, 0.1) is 5.41 Å². The van der Waals surface area contributed by atoms with Gasteiger partial charge in [-0.15, -0.1) is 0 Å². The van der Waals surface area contributed by atoms with Crippen molar-refractivity contribution in [1.29, 1.82) is 0 Å². The zero-order valence-corrected chi connectivity index (χ0v) is 17.3. The van der Waals surface area contributed by atoms with Crippen molar-refractivity contribution in [2.45, 2.75) is 149 Å². The summed E-state index contributed by atoms with van der Waals surface area (Å²) in [6.07, 6.45) is 31.3. The van der Waals surface area contributed by atoms with Gasteiger partial charge in [-0.05, 0) is 31.1 Å². The molecule has 0 spiro atoms. The van der Waals surface area contributed by atoms with Crippen LogP contribution in [0.3, 0.4) is 0 Å². The van der Waals surface area contributed by atoms with E-state index in [1.807, 2.05) is 0 Å². The van der Waals surface area contributed by atoms with Gasteiger partial charge in [0.15, 0.2) is 0 Å². The summed E-state index contributed by atoms with van der Waals surface area (Å²) in [6.45, 7) is 4.69. The monoisotopic (exact) mass is 336 g/mol. The van der Waals surface area contributed by atoms with Crippen molar-refractivity contribution in [2.75, 3.05) is 0 Å². The fourth-order valence-electron chi connectivity index (χ4n) is 4.84. The van der Waals surface area contributed by atoms with Gasteiger partial charge in [0.25, 0.3) is 0 Å². The Hall–Kier alpha value is 0. The molecule has 0 radical (unpaired) electrons. The number of hydrogen-bond acceptors (Lipinski definition) is 0. The van der Waals surface area contributed by atoms with E-state index in [9.17, 15) is 0 Å².